The summed E-state index contributed by atoms with van der Waals surface area (Å²) in [5, 5.41) is 0. The SMILES string of the molecule is CCOCC.CCOCC.[I][GeH]([I])[I]. The zero-order chi connectivity index (χ0) is 11.8. The van der Waals surface area contributed by atoms with Crippen LogP contribution in [0.1, 0.15) is 27.7 Å². The van der Waals surface area contributed by atoms with E-state index in [1.807, 2.05) is 27.7 Å². The number of rotatable bonds is 4. The summed E-state index contributed by atoms with van der Waals surface area (Å²) in [4.78, 5) is 0. The van der Waals surface area contributed by atoms with Gasteiger partial charge in [0, 0.05) is 26.4 Å². The molecule has 0 unspecified atom stereocenters. The van der Waals surface area contributed by atoms with E-state index in [4.69, 9.17) is 9.47 Å². The summed E-state index contributed by atoms with van der Waals surface area (Å²) in [5.41, 5.74) is 0. The molecule has 90 valence electrons. The second-order valence-electron chi connectivity index (χ2n) is 1.81. The summed E-state index contributed by atoms with van der Waals surface area (Å²) < 4.78 is 9.10. The van der Waals surface area contributed by atoms with Gasteiger partial charge in [-0.1, -0.05) is 0 Å². The van der Waals surface area contributed by atoms with Crippen molar-refractivity contribution in [3.8, 4) is 0 Å². The monoisotopic (exact) mass is 604 g/mol. The molecule has 0 heterocycles. The number of ether oxygens (including phenoxy) is 2. The predicted octanol–water partition coefficient (Wildman–Crippen LogP) is 4.09. The van der Waals surface area contributed by atoms with Crippen molar-refractivity contribution in [1.29, 1.82) is 0 Å². The van der Waals surface area contributed by atoms with Gasteiger partial charge in [0.15, 0.2) is 0 Å². The fraction of sp³-hybridized carbons (Fsp3) is 1.00. The average Bonchev–Trinajstić information content (AvgIpc) is 2.07. The molecule has 2 nitrogen and oxygen atoms in total. The molecule has 6 heteroatoms. The van der Waals surface area contributed by atoms with E-state index in [0.29, 0.717) is 0 Å². The summed E-state index contributed by atoms with van der Waals surface area (Å²) in [6, 6.07) is 0. The molecular formula is C8H21GeI3O2. The van der Waals surface area contributed by atoms with Gasteiger partial charge in [-0.05, 0) is 27.7 Å². The third kappa shape index (κ3) is 61.7. The molecule has 0 aromatic rings. The molecule has 0 aliphatic heterocycles. The molecular weight excluding hydrogens is 581 g/mol. The van der Waals surface area contributed by atoms with E-state index < -0.39 is 4.42 Å². The van der Waals surface area contributed by atoms with Crippen molar-refractivity contribution in [1.82, 2.24) is 0 Å². The van der Waals surface area contributed by atoms with E-state index in [2.05, 4.69) is 60.6 Å². The van der Waals surface area contributed by atoms with Crippen molar-refractivity contribution in [2.75, 3.05) is 26.4 Å². The molecule has 0 aliphatic carbocycles. The minimum absolute atomic E-state index is 0.569. The average molecular weight is 603 g/mol. The van der Waals surface area contributed by atoms with Crippen LogP contribution in [0, 0.1) is 0 Å². The molecule has 0 aliphatic rings. The Bertz CT molecular complexity index is 64.9. The van der Waals surface area contributed by atoms with Crippen LogP contribution in [0.5, 0.6) is 0 Å². The van der Waals surface area contributed by atoms with E-state index in [1.165, 1.54) is 0 Å². The standard InChI is InChI=1S/2C4H10O.GeHI3/c2*1-3-5-4-2;2-1(3)4/h2*3-4H2,1-2H3;1H. The molecule has 0 bridgehead atoms. The molecule has 0 aromatic carbocycles. The van der Waals surface area contributed by atoms with Gasteiger partial charge in [-0.15, -0.1) is 0 Å². The quantitative estimate of drug-likeness (QED) is 0.357. The van der Waals surface area contributed by atoms with Crippen molar-refractivity contribution in [2.24, 2.45) is 0 Å². The van der Waals surface area contributed by atoms with Crippen LogP contribution in [0.15, 0.2) is 0 Å². The summed E-state index contributed by atoms with van der Waals surface area (Å²) in [6.07, 6.45) is 0. The van der Waals surface area contributed by atoms with Crippen LogP contribution in [-0.4, -0.2) is 30.8 Å². The molecule has 0 spiro atoms. The van der Waals surface area contributed by atoms with Crippen LogP contribution in [0.2, 0.25) is 0 Å². The van der Waals surface area contributed by atoms with Crippen LogP contribution >= 0.6 is 60.6 Å². The first-order chi connectivity index (χ1) is 6.56. The van der Waals surface area contributed by atoms with Crippen LogP contribution < -0.4 is 0 Å². The van der Waals surface area contributed by atoms with Crippen molar-refractivity contribution >= 4 is 65.1 Å². The van der Waals surface area contributed by atoms with Crippen molar-refractivity contribution in [2.45, 2.75) is 27.7 Å². The van der Waals surface area contributed by atoms with E-state index in [1.54, 1.807) is 0 Å². The van der Waals surface area contributed by atoms with Gasteiger partial charge in [0.2, 0.25) is 0 Å². The predicted molar refractivity (Wildman–Crippen MR) is 93.5 cm³/mol. The maximum atomic E-state index is 4.83. The normalized spacial score (nSPS) is 8.57. The van der Waals surface area contributed by atoms with Crippen LogP contribution in [0.4, 0.5) is 0 Å². The summed E-state index contributed by atoms with van der Waals surface area (Å²) >= 11 is 7.51. The van der Waals surface area contributed by atoms with E-state index in [-0.39, 0.29) is 0 Å². The second-order valence-corrected chi connectivity index (χ2v) is 59.4. The van der Waals surface area contributed by atoms with Gasteiger partial charge in [0.1, 0.15) is 0 Å². The van der Waals surface area contributed by atoms with Crippen LogP contribution in [-0.2, 0) is 9.47 Å². The Morgan fingerprint density at radius 2 is 0.857 bits per heavy atom. The summed E-state index contributed by atoms with van der Waals surface area (Å²) in [7, 11) is 0. The molecule has 0 rings (SSSR count). The van der Waals surface area contributed by atoms with Gasteiger partial charge in [-0.25, -0.2) is 0 Å². The Morgan fingerprint density at radius 1 is 0.714 bits per heavy atom. The van der Waals surface area contributed by atoms with Gasteiger partial charge in [0.25, 0.3) is 0 Å². The Hall–Kier alpha value is 2.65. The molecule has 0 fully saturated rings. The number of halogens is 3. The van der Waals surface area contributed by atoms with Gasteiger partial charge < -0.3 is 9.47 Å². The van der Waals surface area contributed by atoms with Crippen LogP contribution in [0.3, 0.4) is 0 Å². The molecule has 0 atom stereocenters. The Labute approximate surface area is 127 Å². The van der Waals surface area contributed by atoms with Crippen LogP contribution in [0.25, 0.3) is 0 Å². The zero-order valence-electron chi connectivity index (χ0n) is 9.36. The molecule has 0 radical (unpaired) electrons. The third-order valence-electron chi connectivity index (χ3n) is 0.816. The molecule has 14 heavy (non-hydrogen) atoms. The first kappa shape index (κ1) is 21.9. The Balaban J connectivity index is -0.000000131. The zero-order valence-corrected chi connectivity index (χ0v) is 18.3. The summed E-state index contributed by atoms with van der Waals surface area (Å²) in [5.74, 6) is 0. The molecule has 0 saturated heterocycles. The van der Waals surface area contributed by atoms with Crippen molar-refractivity contribution < 1.29 is 9.47 Å². The fourth-order valence-corrected chi connectivity index (χ4v) is 0.408. The Kier molecular flexibility index (Phi) is 38.7. The topological polar surface area (TPSA) is 18.5 Å². The van der Waals surface area contributed by atoms with Gasteiger partial charge in [-0.3, -0.25) is 0 Å². The van der Waals surface area contributed by atoms with Gasteiger partial charge >= 0.3 is 65.1 Å². The number of hydrogen-bond donors (Lipinski definition) is 0. The first-order valence-electron chi connectivity index (χ1n) is 4.64. The maximum absolute atomic E-state index is 4.83. The third-order valence-corrected chi connectivity index (χ3v) is 0.816. The van der Waals surface area contributed by atoms with E-state index in [9.17, 15) is 0 Å². The second kappa shape index (κ2) is 24.7. The molecule has 0 aromatic heterocycles. The van der Waals surface area contributed by atoms with Gasteiger partial charge in [0.05, 0.1) is 0 Å². The molecule has 0 amide bonds. The van der Waals surface area contributed by atoms with E-state index >= 15 is 0 Å². The minimum atomic E-state index is -0.569. The molecule has 0 saturated carbocycles. The van der Waals surface area contributed by atoms with Crippen molar-refractivity contribution in [3.05, 3.63) is 0 Å². The number of hydrogen-bond acceptors (Lipinski definition) is 2. The van der Waals surface area contributed by atoms with Gasteiger partial charge in [-0.2, -0.15) is 0 Å². The first-order valence-corrected chi connectivity index (χ1v) is 26.8. The Morgan fingerprint density at radius 3 is 0.857 bits per heavy atom. The molecule has 0 N–H and O–H groups in total. The summed E-state index contributed by atoms with van der Waals surface area (Å²) in [6.45, 7) is 11.3. The fourth-order valence-electron chi connectivity index (χ4n) is 0.408. The van der Waals surface area contributed by atoms with E-state index in [0.717, 1.165) is 26.4 Å². The van der Waals surface area contributed by atoms with Crippen molar-refractivity contribution in [3.63, 3.8) is 0 Å².